The van der Waals surface area contributed by atoms with Gasteiger partial charge in [0, 0.05) is 47.0 Å². The molecule has 0 atom stereocenters. The Morgan fingerprint density at radius 1 is 1.13 bits per heavy atom. The molecule has 1 saturated heterocycles. The highest BCUT2D eigenvalue weighted by atomic mass is 32.2. The summed E-state index contributed by atoms with van der Waals surface area (Å²) in [7, 11) is 0. The van der Waals surface area contributed by atoms with E-state index in [1.54, 1.807) is 0 Å². The Kier molecular flexibility index (Phi) is 5.50. The summed E-state index contributed by atoms with van der Waals surface area (Å²) >= 11 is 1.89. The predicted molar refractivity (Wildman–Crippen MR) is 126 cm³/mol. The summed E-state index contributed by atoms with van der Waals surface area (Å²) < 4.78 is 5.53. The third-order valence-corrected chi connectivity index (χ3v) is 6.59. The number of morpholine rings is 1. The van der Waals surface area contributed by atoms with Gasteiger partial charge in [0.25, 0.3) is 0 Å². The predicted octanol–water partition coefficient (Wildman–Crippen LogP) is 5.64. The summed E-state index contributed by atoms with van der Waals surface area (Å²) in [6.45, 7) is 8.87. The van der Waals surface area contributed by atoms with Crippen molar-refractivity contribution < 1.29 is 4.74 Å². The van der Waals surface area contributed by atoms with Crippen LogP contribution >= 0.6 is 11.8 Å². The molecule has 5 rings (SSSR count). The molecule has 3 heterocycles. The maximum atomic E-state index is 5.53. The molecule has 0 bridgehead atoms. The summed E-state index contributed by atoms with van der Waals surface area (Å²) in [6, 6.07) is 15.9. The number of nitrogens with zero attached hydrogens (tertiary/aromatic N) is 2. The van der Waals surface area contributed by atoms with E-state index in [0.29, 0.717) is 0 Å². The third kappa shape index (κ3) is 3.85. The van der Waals surface area contributed by atoms with Crippen LogP contribution in [0.4, 0.5) is 0 Å². The number of rotatable bonds is 5. The second-order valence-electron chi connectivity index (χ2n) is 7.95. The fraction of sp³-hybridized carbons (Fsp3) is 0.320. The first kappa shape index (κ1) is 19.6. The smallest absolute Gasteiger partial charge is 0.138 e. The molecule has 2 aromatic heterocycles. The summed E-state index contributed by atoms with van der Waals surface area (Å²) in [5, 5.41) is 2.47. The van der Waals surface area contributed by atoms with Crippen LogP contribution in [0.3, 0.4) is 0 Å². The van der Waals surface area contributed by atoms with Crippen molar-refractivity contribution in [2.24, 2.45) is 0 Å². The van der Waals surface area contributed by atoms with Gasteiger partial charge in [-0.25, -0.2) is 4.98 Å². The first-order valence-electron chi connectivity index (χ1n) is 10.7. The summed E-state index contributed by atoms with van der Waals surface area (Å²) in [6.07, 6.45) is 1.94. The molecule has 0 spiro atoms. The van der Waals surface area contributed by atoms with Crippen molar-refractivity contribution >= 4 is 33.7 Å². The number of fused-ring (bicyclic) bond motifs is 3. The highest BCUT2D eigenvalue weighted by Gasteiger charge is 2.16. The van der Waals surface area contributed by atoms with E-state index in [0.717, 1.165) is 49.8 Å². The van der Waals surface area contributed by atoms with Gasteiger partial charge < -0.3 is 9.72 Å². The van der Waals surface area contributed by atoms with Gasteiger partial charge in [-0.1, -0.05) is 19.1 Å². The Labute approximate surface area is 181 Å². The zero-order valence-corrected chi connectivity index (χ0v) is 18.4. The molecule has 30 heavy (non-hydrogen) atoms. The van der Waals surface area contributed by atoms with Crippen molar-refractivity contribution in [2.45, 2.75) is 25.3 Å². The molecule has 0 saturated carbocycles. The van der Waals surface area contributed by atoms with Gasteiger partial charge >= 0.3 is 0 Å². The largest absolute Gasteiger partial charge is 0.379 e. The molecule has 0 radical (unpaired) electrons. The number of benzene rings is 2. The van der Waals surface area contributed by atoms with Gasteiger partial charge in [-0.2, -0.15) is 0 Å². The van der Waals surface area contributed by atoms with E-state index >= 15 is 0 Å². The number of aryl methyl sites for hydroxylation is 1. The number of nitrogens with one attached hydrogen (secondary N) is 1. The van der Waals surface area contributed by atoms with Crippen molar-refractivity contribution in [1.29, 1.82) is 0 Å². The maximum Gasteiger partial charge on any atom is 0.138 e. The second-order valence-corrected chi connectivity index (χ2v) is 9.29. The van der Waals surface area contributed by atoms with Gasteiger partial charge in [-0.15, -0.1) is 11.8 Å². The molecule has 154 valence electrons. The van der Waals surface area contributed by atoms with Gasteiger partial charge in [0.15, 0.2) is 0 Å². The van der Waals surface area contributed by atoms with E-state index in [2.05, 4.69) is 71.2 Å². The SMILES string of the molecule is CCSc1cccc(-c2cc(CN3CCOCC3)cc3[nH]c4ncc(C)cc4c23)c1. The molecular weight excluding hydrogens is 390 g/mol. The van der Waals surface area contributed by atoms with Crippen LogP contribution in [0.5, 0.6) is 0 Å². The minimum atomic E-state index is 0.820. The number of hydrogen-bond donors (Lipinski definition) is 1. The van der Waals surface area contributed by atoms with E-state index in [-0.39, 0.29) is 0 Å². The minimum Gasteiger partial charge on any atom is -0.379 e. The Balaban J connectivity index is 1.69. The van der Waals surface area contributed by atoms with E-state index in [9.17, 15) is 0 Å². The van der Waals surface area contributed by atoms with Gasteiger partial charge in [-0.3, -0.25) is 4.90 Å². The number of thioether (sulfide) groups is 1. The monoisotopic (exact) mass is 417 g/mol. The maximum absolute atomic E-state index is 5.53. The minimum absolute atomic E-state index is 0.820. The van der Waals surface area contributed by atoms with Crippen LogP contribution in [-0.4, -0.2) is 46.9 Å². The summed E-state index contributed by atoms with van der Waals surface area (Å²) in [4.78, 5) is 12.0. The fourth-order valence-corrected chi connectivity index (χ4v) is 5.05. The first-order chi connectivity index (χ1) is 14.7. The lowest BCUT2D eigenvalue weighted by Gasteiger charge is -2.26. The molecule has 5 heteroatoms. The fourth-order valence-electron chi connectivity index (χ4n) is 4.33. The second kappa shape index (κ2) is 8.42. The quantitative estimate of drug-likeness (QED) is 0.427. The molecule has 1 N–H and O–H groups in total. The molecule has 0 unspecified atom stereocenters. The van der Waals surface area contributed by atoms with Crippen LogP contribution in [0.1, 0.15) is 18.1 Å². The zero-order chi connectivity index (χ0) is 20.5. The average Bonchev–Trinajstić information content (AvgIpc) is 3.12. The number of aromatic amines is 1. The lowest BCUT2D eigenvalue weighted by molar-refractivity contribution is 0.0342. The third-order valence-electron chi connectivity index (χ3n) is 5.71. The molecular formula is C25H27N3OS. The standard InChI is InChI=1S/C25H27N3OS/c1-3-30-20-6-4-5-19(14-20)21-12-18(16-28-7-9-29-10-8-28)13-23-24(21)22-11-17(2)15-26-25(22)27-23/h4-6,11-15H,3,7-10,16H2,1-2H3,(H,26,27). The van der Waals surface area contributed by atoms with Crippen LogP contribution < -0.4 is 0 Å². The van der Waals surface area contributed by atoms with Crippen molar-refractivity contribution in [3.63, 3.8) is 0 Å². The number of hydrogen-bond acceptors (Lipinski definition) is 4. The molecule has 4 nitrogen and oxygen atoms in total. The van der Waals surface area contributed by atoms with Crippen molar-refractivity contribution in [1.82, 2.24) is 14.9 Å². The van der Waals surface area contributed by atoms with Crippen molar-refractivity contribution in [3.8, 4) is 11.1 Å². The average molecular weight is 418 g/mol. The molecule has 0 amide bonds. The number of ether oxygens (including phenoxy) is 1. The highest BCUT2D eigenvalue weighted by Crippen LogP contribution is 2.37. The molecule has 1 aliphatic rings. The molecule has 2 aromatic carbocycles. The van der Waals surface area contributed by atoms with E-state index in [1.807, 2.05) is 18.0 Å². The van der Waals surface area contributed by atoms with Crippen LogP contribution in [-0.2, 0) is 11.3 Å². The van der Waals surface area contributed by atoms with Crippen molar-refractivity contribution in [3.05, 3.63) is 59.8 Å². The molecule has 4 aromatic rings. The van der Waals surface area contributed by atoms with Crippen LogP contribution in [0, 0.1) is 6.92 Å². The Morgan fingerprint density at radius 2 is 2.00 bits per heavy atom. The van der Waals surface area contributed by atoms with Crippen LogP contribution in [0.25, 0.3) is 33.1 Å². The van der Waals surface area contributed by atoms with Crippen LogP contribution in [0.15, 0.2) is 53.6 Å². The Bertz CT molecular complexity index is 1190. The van der Waals surface area contributed by atoms with Gasteiger partial charge in [-0.05, 0) is 65.3 Å². The summed E-state index contributed by atoms with van der Waals surface area (Å²) in [5.74, 6) is 1.08. The molecule has 0 aliphatic carbocycles. The van der Waals surface area contributed by atoms with E-state index in [4.69, 9.17) is 4.74 Å². The van der Waals surface area contributed by atoms with E-state index < -0.39 is 0 Å². The van der Waals surface area contributed by atoms with E-state index in [1.165, 1.54) is 37.9 Å². The topological polar surface area (TPSA) is 41.1 Å². The highest BCUT2D eigenvalue weighted by molar-refractivity contribution is 7.99. The normalized spacial score (nSPS) is 15.3. The number of H-pyrrole nitrogens is 1. The number of aromatic nitrogens is 2. The first-order valence-corrected chi connectivity index (χ1v) is 11.6. The van der Waals surface area contributed by atoms with Crippen molar-refractivity contribution in [2.75, 3.05) is 32.1 Å². The Hall–Kier alpha value is -2.34. The Morgan fingerprint density at radius 3 is 2.83 bits per heavy atom. The van der Waals surface area contributed by atoms with Crippen LogP contribution in [0.2, 0.25) is 0 Å². The van der Waals surface area contributed by atoms with Gasteiger partial charge in [0.1, 0.15) is 5.65 Å². The lowest BCUT2D eigenvalue weighted by Crippen LogP contribution is -2.35. The zero-order valence-electron chi connectivity index (χ0n) is 17.6. The molecule has 1 aliphatic heterocycles. The molecule has 1 fully saturated rings. The lowest BCUT2D eigenvalue weighted by atomic mass is 9.97. The summed E-state index contributed by atoms with van der Waals surface area (Å²) in [5.41, 5.74) is 7.19. The van der Waals surface area contributed by atoms with Gasteiger partial charge in [0.2, 0.25) is 0 Å². The van der Waals surface area contributed by atoms with Gasteiger partial charge in [0.05, 0.1) is 13.2 Å². The number of pyridine rings is 1.